The number of nitrogens with zero attached hydrogens (tertiary/aromatic N) is 1. The molecule has 2 amide bonds. The summed E-state index contributed by atoms with van der Waals surface area (Å²) in [4.78, 5) is 56.9. The average molecular weight is 658 g/mol. The van der Waals surface area contributed by atoms with Crippen molar-refractivity contribution in [3.63, 3.8) is 0 Å². The van der Waals surface area contributed by atoms with E-state index in [1.807, 2.05) is 6.07 Å². The molecule has 0 saturated heterocycles. The second kappa shape index (κ2) is 12.8. The fraction of sp³-hybridized carbons (Fsp3) is 0.486. The number of phenolic OH excluding ortho intramolecular Hbond substituents is 1. The van der Waals surface area contributed by atoms with Crippen LogP contribution in [0.4, 0.5) is 0 Å². The Morgan fingerprint density at radius 2 is 1.83 bits per heavy atom. The van der Waals surface area contributed by atoms with E-state index in [4.69, 9.17) is 5.73 Å². The van der Waals surface area contributed by atoms with E-state index in [0.29, 0.717) is 29.0 Å². The van der Waals surface area contributed by atoms with Gasteiger partial charge in [-0.05, 0) is 66.7 Å². The van der Waals surface area contributed by atoms with Gasteiger partial charge in [0.15, 0.2) is 11.4 Å². The maximum Gasteiger partial charge on any atom is 0.255 e. The Hall–Kier alpha value is -4.51. The number of rotatable bonds is 8. The largest absolute Gasteiger partial charge is 0.508 e. The third-order valence-corrected chi connectivity index (χ3v) is 11.1. The lowest BCUT2D eigenvalue weighted by molar-refractivity contribution is -0.155. The summed E-state index contributed by atoms with van der Waals surface area (Å²) in [7, 11) is 0. The van der Waals surface area contributed by atoms with Crippen LogP contribution in [0.15, 0.2) is 47.5 Å². The lowest BCUT2D eigenvalue weighted by atomic mass is 9.54. The van der Waals surface area contributed by atoms with E-state index >= 15 is 0 Å². The van der Waals surface area contributed by atoms with Crippen LogP contribution in [0.5, 0.6) is 5.75 Å². The molecule has 48 heavy (non-hydrogen) atoms. The Kier molecular flexibility index (Phi) is 8.93. The maximum atomic E-state index is 14.3. The maximum absolute atomic E-state index is 14.3. The molecule has 1 aromatic heterocycles. The van der Waals surface area contributed by atoms with E-state index in [2.05, 4.69) is 10.3 Å². The molecule has 0 radical (unpaired) electrons. The molecule has 1 aromatic carbocycles. The van der Waals surface area contributed by atoms with Gasteiger partial charge in [0.2, 0.25) is 5.78 Å². The molecular weight excluding hydrogens is 614 g/mol. The predicted molar refractivity (Wildman–Crippen MR) is 175 cm³/mol. The number of carbonyl (C=O) groups is 4. The summed E-state index contributed by atoms with van der Waals surface area (Å²) in [6, 6.07) is 5.11. The van der Waals surface area contributed by atoms with Crippen molar-refractivity contribution in [1.82, 2.24) is 10.3 Å². The number of hydrogen-bond acceptors (Lipinski definition) is 9. The number of phenols is 1. The minimum Gasteiger partial charge on any atom is -0.508 e. The van der Waals surface area contributed by atoms with Crippen molar-refractivity contribution in [3.8, 4) is 5.75 Å². The number of aliphatic hydroxyl groups excluding tert-OH is 2. The first kappa shape index (κ1) is 33.4. The van der Waals surface area contributed by atoms with E-state index in [-0.39, 0.29) is 36.3 Å². The lowest BCUT2D eigenvalue weighted by Crippen LogP contribution is -2.62. The Morgan fingerprint density at radius 1 is 1.10 bits per heavy atom. The molecule has 4 aliphatic carbocycles. The summed E-state index contributed by atoms with van der Waals surface area (Å²) in [5.74, 6) is -7.86. The van der Waals surface area contributed by atoms with E-state index in [1.165, 1.54) is 25.5 Å². The second-order valence-electron chi connectivity index (χ2n) is 14.2. The molecule has 7 N–H and O–H groups in total. The van der Waals surface area contributed by atoms with Gasteiger partial charge in [-0.25, -0.2) is 0 Å². The van der Waals surface area contributed by atoms with Gasteiger partial charge in [-0.15, -0.1) is 0 Å². The minimum absolute atomic E-state index is 0.0503. The van der Waals surface area contributed by atoms with Gasteiger partial charge >= 0.3 is 0 Å². The van der Waals surface area contributed by atoms with Crippen LogP contribution >= 0.6 is 0 Å². The molecule has 2 saturated carbocycles. The smallest absolute Gasteiger partial charge is 0.255 e. The van der Waals surface area contributed by atoms with Crippen molar-refractivity contribution in [2.75, 3.05) is 0 Å². The number of benzene rings is 1. The predicted octanol–water partition coefficient (Wildman–Crippen LogP) is 4.14. The molecule has 1 heterocycles. The first-order valence-electron chi connectivity index (χ1n) is 16.9. The number of fused-ring (bicyclic) bond motifs is 3. The highest BCUT2D eigenvalue weighted by Crippen LogP contribution is 2.55. The number of pyridine rings is 1. The van der Waals surface area contributed by atoms with Crippen LogP contribution in [0.3, 0.4) is 0 Å². The first-order valence-corrected chi connectivity index (χ1v) is 16.9. The zero-order valence-corrected chi connectivity index (χ0v) is 27.3. The van der Waals surface area contributed by atoms with E-state index in [1.54, 1.807) is 32.2 Å². The van der Waals surface area contributed by atoms with Crippen molar-refractivity contribution in [2.45, 2.75) is 83.8 Å². The number of aliphatic hydroxyl groups is 3. The van der Waals surface area contributed by atoms with Gasteiger partial charge in [0.25, 0.3) is 11.8 Å². The van der Waals surface area contributed by atoms with Crippen LogP contribution < -0.4 is 11.1 Å². The Bertz CT molecular complexity index is 1740. The van der Waals surface area contributed by atoms with Crippen LogP contribution in [0.25, 0.3) is 5.76 Å². The number of nitrogens with one attached hydrogen (secondary N) is 1. The van der Waals surface area contributed by atoms with Crippen LogP contribution in [0.1, 0.15) is 91.4 Å². The number of amides is 2. The lowest BCUT2D eigenvalue weighted by Gasteiger charge is -2.50. The SMILES string of the molecule is CC(C)[C@@H]1C(=O)C(C(N)=O)=C(O)[C@@]2(O)C(=O)C3=C(O)c4c(O)c(CNC(=O)c5cccnc5)cc(CCC5CCCCC5)c4C[C@H]3C[C@@H]12. The number of aromatic hydroxyl groups is 1. The summed E-state index contributed by atoms with van der Waals surface area (Å²) in [6.45, 7) is 3.41. The van der Waals surface area contributed by atoms with Gasteiger partial charge in [0.05, 0.1) is 11.1 Å². The van der Waals surface area contributed by atoms with Gasteiger partial charge < -0.3 is 31.5 Å². The summed E-state index contributed by atoms with van der Waals surface area (Å²) >= 11 is 0. The van der Waals surface area contributed by atoms with Gasteiger partial charge in [-0.3, -0.25) is 24.2 Å². The summed E-state index contributed by atoms with van der Waals surface area (Å²) in [6.07, 6.45) is 10.7. The van der Waals surface area contributed by atoms with Crippen LogP contribution in [-0.4, -0.2) is 54.4 Å². The Labute approximate surface area is 279 Å². The Balaban J connectivity index is 1.45. The average Bonchev–Trinajstić information content (AvgIpc) is 3.06. The topological polar surface area (TPSA) is 200 Å². The number of ketones is 2. The molecule has 6 rings (SSSR count). The molecule has 2 aromatic rings. The van der Waals surface area contributed by atoms with Gasteiger partial charge in [0, 0.05) is 41.9 Å². The first-order chi connectivity index (χ1) is 22.9. The molecule has 0 bridgehead atoms. The van der Waals surface area contributed by atoms with Crippen molar-refractivity contribution in [3.05, 3.63) is 75.3 Å². The van der Waals surface area contributed by atoms with E-state index in [9.17, 15) is 39.6 Å². The number of carbonyl (C=O) groups excluding carboxylic acids is 4. The quantitative estimate of drug-likeness (QED) is 0.226. The molecule has 2 fully saturated rings. The highest BCUT2D eigenvalue weighted by atomic mass is 16.3. The second-order valence-corrected chi connectivity index (χ2v) is 14.2. The zero-order chi connectivity index (χ0) is 34.5. The third-order valence-electron chi connectivity index (χ3n) is 11.1. The number of Topliss-reactive ketones (excluding diaryl/α,β-unsaturated/α-hetero) is 2. The fourth-order valence-electron chi connectivity index (χ4n) is 8.66. The molecule has 4 aliphatic rings. The van der Waals surface area contributed by atoms with Gasteiger partial charge in [-0.1, -0.05) is 52.0 Å². The standard InChI is InChI=1S/C37H43N3O8/c1-18(2)26-25-15-22-14-24-20(11-10-19-7-4-3-5-8-19)13-23(17-40-36(47)21-9-6-12-39-16-21)30(41)28(24)32(43)27(22)33(44)37(25,48)34(45)29(31(26)42)35(38)46/h6,9,12-13,16,18-19,22,25-26,41,43,45,48H,3-5,7-8,10-11,14-15,17H2,1-2H3,(H2,38,46)(H,40,47)/t22-,25-,26-,37-/m0/s1. The van der Waals surface area contributed by atoms with Crippen LogP contribution in [-0.2, 0) is 33.8 Å². The highest BCUT2D eigenvalue weighted by molar-refractivity contribution is 6.23. The third kappa shape index (κ3) is 5.47. The number of nitrogens with two attached hydrogens (primary N) is 1. The normalized spacial score (nSPS) is 25.9. The number of aryl methyl sites for hydroxylation is 1. The number of hydrogen-bond donors (Lipinski definition) is 6. The molecule has 254 valence electrons. The van der Waals surface area contributed by atoms with Crippen LogP contribution in [0.2, 0.25) is 0 Å². The Morgan fingerprint density at radius 3 is 2.48 bits per heavy atom. The number of aromatic nitrogens is 1. The molecule has 0 unspecified atom stereocenters. The number of primary amides is 1. The monoisotopic (exact) mass is 657 g/mol. The van der Waals surface area contributed by atoms with Crippen molar-refractivity contribution >= 4 is 29.1 Å². The van der Waals surface area contributed by atoms with E-state index < -0.39 is 69.7 Å². The van der Waals surface area contributed by atoms with Gasteiger partial charge in [0.1, 0.15) is 22.8 Å². The minimum atomic E-state index is -2.67. The van der Waals surface area contributed by atoms with Crippen LogP contribution in [0, 0.1) is 29.6 Å². The summed E-state index contributed by atoms with van der Waals surface area (Å²) < 4.78 is 0. The van der Waals surface area contributed by atoms with E-state index in [0.717, 1.165) is 24.8 Å². The zero-order valence-electron chi connectivity index (χ0n) is 27.3. The van der Waals surface area contributed by atoms with Crippen molar-refractivity contribution in [1.29, 1.82) is 0 Å². The van der Waals surface area contributed by atoms with Gasteiger partial charge in [-0.2, -0.15) is 0 Å². The molecular formula is C37H43N3O8. The summed E-state index contributed by atoms with van der Waals surface area (Å²) in [5.41, 5.74) is 4.09. The van der Waals surface area contributed by atoms with Crippen molar-refractivity contribution < 1.29 is 39.6 Å². The summed E-state index contributed by atoms with van der Waals surface area (Å²) in [5, 5.41) is 49.4. The van der Waals surface area contributed by atoms with Crippen molar-refractivity contribution in [2.24, 2.45) is 35.3 Å². The molecule has 4 atom stereocenters. The molecule has 0 spiro atoms. The molecule has 0 aliphatic heterocycles. The molecule has 11 heteroatoms. The molecule has 11 nitrogen and oxygen atoms in total. The highest BCUT2D eigenvalue weighted by Gasteiger charge is 2.64. The fourth-order valence-corrected chi connectivity index (χ4v) is 8.66.